The molecular weight excluding hydrogens is 256 g/mol. The fourth-order valence-corrected chi connectivity index (χ4v) is 3.00. The van der Waals surface area contributed by atoms with Gasteiger partial charge in [0, 0.05) is 35.7 Å². The molecule has 0 saturated carbocycles. The molecule has 1 aliphatic heterocycles. The highest BCUT2D eigenvalue weighted by Gasteiger charge is 2.28. The van der Waals surface area contributed by atoms with Gasteiger partial charge in [-0.15, -0.1) is 0 Å². The van der Waals surface area contributed by atoms with Crippen LogP contribution >= 0.6 is 11.6 Å². The van der Waals surface area contributed by atoms with E-state index in [-0.39, 0.29) is 0 Å². The van der Waals surface area contributed by atoms with Crippen molar-refractivity contribution in [3.63, 3.8) is 0 Å². The number of halogens is 1. The normalized spacial score (nSPS) is 17.1. The summed E-state index contributed by atoms with van der Waals surface area (Å²) in [4.78, 5) is 6.92. The Labute approximate surface area is 119 Å². The first-order valence-corrected chi connectivity index (χ1v) is 7.28. The minimum Gasteiger partial charge on any atom is -0.300 e. The zero-order valence-corrected chi connectivity index (χ0v) is 12.2. The molecule has 0 atom stereocenters. The van der Waals surface area contributed by atoms with E-state index >= 15 is 0 Å². The lowest BCUT2D eigenvalue weighted by molar-refractivity contribution is 0.0683. The van der Waals surface area contributed by atoms with Gasteiger partial charge in [-0.2, -0.15) is 0 Å². The van der Waals surface area contributed by atoms with Gasteiger partial charge < -0.3 is 4.90 Å². The molecule has 0 unspecified atom stereocenters. The third-order valence-corrected chi connectivity index (χ3v) is 4.25. The van der Waals surface area contributed by atoms with Crippen molar-refractivity contribution < 1.29 is 0 Å². The van der Waals surface area contributed by atoms with Crippen molar-refractivity contribution >= 4 is 22.5 Å². The first-order chi connectivity index (χ1) is 9.13. The zero-order chi connectivity index (χ0) is 13.4. The standard InChI is InChI=1S/C16H19ClN2/c1-11(2)19-9-12(10-19)7-13-5-6-18-16-4-3-14(17)8-15(13)16/h3-6,8,11-12H,7,9-10H2,1-2H3. The second-order valence-corrected chi connectivity index (χ2v) is 6.19. The predicted octanol–water partition coefficient (Wildman–Crippen LogP) is 3.77. The minimum absolute atomic E-state index is 0.667. The van der Waals surface area contributed by atoms with Gasteiger partial charge in [-0.05, 0) is 56.0 Å². The molecule has 3 heteroatoms. The summed E-state index contributed by atoms with van der Waals surface area (Å²) in [6.07, 6.45) is 3.03. The number of hydrogen-bond donors (Lipinski definition) is 0. The molecule has 1 saturated heterocycles. The second-order valence-electron chi connectivity index (χ2n) is 5.75. The molecular formula is C16H19ClN2. The third kappa shape index (κ3) is 2.60. The van der Waals surface area contributed by atoms with E-state index in [1.54, 1.807) is 0 Å². The van der Waals surface area contributed by atoms with Crippen LogP contribution in [0.5, 0.6) is 0 Å². The Hall–Kier alpha value is -1.12. The van der Waals surface area contributed by atoms with Crippen molar-refractivity contribution in [2.24, 2.45) is 5.92 Å². The summed E-state index contributed by atoms with van der Waals surface area (Å²) < 4.78 is 0. The van der Waals surface area contributed by atoms with E-state index in [4.69, 9.17) is 11.6 Å². The molecule has 0 bridgehead atoms. The number of pyridine rings is 1. The minimum atomic E-state index is 0.667. The van der Waals surface area contributed by atoms with Crippen LogP contribution in [0.4, 0.5) is 0 Å². The van der Waals surface area contributed by atoms with Crippen LogP contribution in [-0.2, 0) is 6.42 Å². The highest BCUT2D eigenvalue weighted by Crippen LogP contribution is 2.27. The van der Waals surface area contributed by atoms with Gasteiger partial charge in [0.2, 0.25) is 0 Å². The van der Waals surface area contributed by atoms with Crippen LogP contribution in [0.15, 0.2) is 30.5 Å². The topological polar surface area (TPSA) is 16.1 Å². The molecule has 1 aliphatic rings. The molecule has 0 radical (unpaired) electrons. The largest absolute Gasteiger partial charge is 0.300 e. The maximum atomic E-state index is 6.10. The van der Waals surface area contributed by atoms with Crippen molar-refractivity contribution in [1.29, 1.82) is 0 Å². The molecule has 0 amide bonds. The van der Waals surface area contributed by atoms with Gasteiger partial charge in [0.05, 0.1) is 5.52 Å². The van der Waals surface area contributed by atoms with Crippen LogP contribution in [0.1, 0.15) is 19.4 Å². The molecule has 1 fully saturated rings. The van der Waals surface area contributed by atoms with Crippen LogP contribution in [-0.4, -0.2) is 29.0 Å². The van der Waals surface area contributed by atoms with Gasteiger partial charge in [-0.3, -0.25) is 4.98 Å². The van der Waals surface area contributed by atoms with Crippen LogP contribution in [0.2, 0.25) is 5.02 Å². The summed E-state index contributed by atoms with van der Waals surface area (Å²) in [6.45, 7) is 6.94. The van der Waals surface area contributed by atoms with E-state index in [1.165, 1.54) is 24.0 Å². The number of benzene rings is 1. The fourth-order valence-electron chi connectivity index (χ4n) is 2.82. The van der Waals surface area contributed by atoms with E-state index in [9.17, 15) is 0 Å². The molecule has 3 rings (SSSR count). The summed E-state index contributed by atoms with van der Waals surface area (Å²) in [5, 5.41) is 2.00. The lowest BCUT2D eigenvalue weighted by Crippen LogP contribution is -2.50. The first-order valence-electron chi connectivity index (χ1n) is 6.90. The number of rotatable bonds is 3. The molecule has 1 aromatic carbocycles. The molecule has 2 nitrogen and oxygen atoms in total. The molecule has 2 heterocycles. The van der Waals surface area contributed by atoms with E-state index in [2.05, 4.69) is 29.8 Å². The SMILES string of the molecule is CC(C)N1CC(Cc2ccnc3ccc(Cl)cc23)C1. The van der Waals surface area contributed by atoms with Gasteiger partial charge >= 0.3 is 0 Å². The van der Waals surface area contributed by atoms with Crippen molar-refractivity contribution in [3.8, 4) is 0 Å². The molecule has 0 spiro atoms. The first kappa shape index (κ1) is 12.9. The zero-order valence-electron chi connectivity index (χ0n) is 11.4. The van der Waals surface area contributed by atoms with Gasteiger partial charge in [0.15, 0.2) is 0 Å². The number of nitrogens with zero attached hydrogens (tertiary/aromatic N) is 2. The molecule has 100 valence electrons. The van der Waals surface area contributed by atoms with Crippen molar-refractivity contribution in [3.05, 3.63) is 41.0 Å². The quantitative estimate of drug-likeness (QED) is 0.847. The lowest BCUT2D eigenvalue weighted by Gasteiger charge is -2.42. The van der Waals surface area contributed by atoms with Crippen LogP contribution < -0.4 is 0 Å². The van der Waals surface area contributed by atoms with Gasteiger partial charge in [-0.1, -0.05) is 11.6 Å². The van der Waals surface area contributed by atoms with Crippen molar-refractivity contribution in [2.75, 3.05) is 13.1 Å². The molecule has 0 aliphatic carbocycles. The van der Waals surface area contributed by atoms with Crippen LogP contribution in [0, 0.1) is 5.92 Å². The molecule has 19 heavy (non-hydrogen) atoms. The Bertz CT molecular complexity index is 588. The van der Waals surface area contributed by atoms with Crippen molar-refractivity contribution in [2.45, 2.75) is 26.3 Å². The summed E-state index contributed by atoms with van der Waals surface area (Å²) in [6, 6.07) is 8.75. The Morgan fingerprint density at radius 1 is 1.32 bits per heavy atom. The smallest absolute Gasteiger partial charge is 0.0705 e. The van der Waals surface area contributed by atoms with E-state index in [1.807, 2.05) is 24.4 Å². The maximum absolute atomic E-state index is 6.10. The van der Waals surface area contributed by atoms with Crippen LogP contribution in [0.3, 0.4) is 0 Å². The van der Waals surface area contributed by atoms with Crippen molar-refractivity contribution in [1.82, 2.24) is 9.88 Å². The molecule has 0 N–H and O–H groups in total. The second kappa shape index (κ2) is 5.10. The maximum Gasteiger partial charge on any atom is 0.0705 e. The lowest BCUT2D eigenvalue weighted by atomic mass is 9.90. The summed E-state index contributed by atoms with van der Waals surface area (Å²) in [5.41, 5.74) is 2.42. The highest BCUT2D eigenvalue weighted by molar-refractivity contribution is 6.31. The molecule has 1 aromatic heterocycles. The summed E-state index contributed by atoms with van der Waals surface area (Å²) >= 11 is 6.10. The average Bonchev–Trinajstić information content (AvgIpc) is 2.33. The number of likely N-dealkylation sites (tertiary alicyclic amines) is 1. The Morgan fingerprint density at radius 2 is 2.11 bits per heavy atom. The Balaban J connectivity index is 1.80. The Kier molecular flexibility index (Phi) is 3.46. The number of aromatic nitrogens is 1. The summed E-state index contributed by atoms with van der Waals surface area (Å²) in [5.74, 6) is 0.770. The summed E-state index contributed by atoms with van der Waals surface area (Å²) in [7, 11) is 0. The number of fused-ring (bicyclic) bond motifs is 1. The predicted molar refractivity (Wildman–Crippen MR) is 80.7 cm³/mol. The number of hydrogen-bond acceptors (Lipinski definition) is 2. The highest BCUT2D eigenvalue weighted by atomic mass is 35.5. The Morgan fingerprint density at radius 3 is 2.84 bits per heavy atom. The van der Waals surface area contributed by atoms with Gasteiger partial charge in [0.25, 0.3) is 0 Å². The monoisotopic (exact) mass is 274 g/mol. The van der Waals surface area contributed by atoms with E-state index < -0.39 is 0 Å². The average molecular weight is 275 g/mol. The van der Waals surface area contributed by atoms with E-state index in [0.29, 0.717) is 6.04 Å². The third-order valence-electron chi connectivity index (χ3n) is 4.02. The van der Waals surface area contributed by atoms with E-state index in [0.717, 1.165) is 22.9 Å². The molecule has 2 aromatic rings. The van der Waals surface area contributed by atoms with Gasteiger partial charge in [0.1, 0.15) is 0 Å². The van der Waals surface area contributed by atoms with Crippen LogP contribution in [0.25, 0.3) is 10.9 Å². The fraction of sp³-hybridized carbons (Fsp3) is 0.438. The van der Waals surface area contributed by atoms with Gasteiger partial charge in [-0.25, -0.2) is 0 Å².